The minimum Gasteiger partial charge on any atom is -0.481 e. The van der Waals surface area contributed by atoms with Crippen molar-refractivity contribution in [1.82, 2.24) is 5.32 Å². The Balaban J connectivity index is 2.60. The van der Waals surface area contributed by atoms with Crippen LogP contribution in [0, 0.1) is 0 Å². The van der Waals surface area contributed by atoms with Crippen molar-refractivity contribution in [3.05, 3.63) is 26.9 Å². The maximum atomic E-state index is 11.5. The van der Waals surface area contributed by atoms with E-state index in [0.717, 1.165) is 14.7 Å². The van der Waals surface area contributed by atoms with Gasteiger partial charge in [0.1, 0.15) is 6.04 Å². The summed E-state index contributed by atoms with van der Waals surface area (Å²) < 4.78 is 0.904. The number of amides is 1. The van der Waals surface area contributed by atoms with Crippen LogP contribution in [0.4, 0.5) is 0 Å². The second kappa shape index (κ2) is 7.05. The Morgan fingerprint density at radius 3 is 2.53 bits per heavy atom. The van der Waals surface area contributed by atoms with E-state index in [9.17, 15) is 14.4 Å². The predicted molar refractivity (Wildman–Crippen MR) is 72.9 cm³/mol. The van der Waals surface area contributed by atoms with E-state index in [0.29, 0.717) is 0 Å². The highest BCUT2D eigenvalue weighted by molar-refractivity contribution is 9.11. The molecule has 0 aliphatic rings. The number of nitrogens with one attached hydrogen (secondary N) is 1. The Hall–Kier alpha value is -1.67. The van der Waals surface area contributed by atoms with Gasteiger partial charge in [-0.2, -0.15) is 0 Å². The number of hydrogen-bond acceptors (Lipinski definition) is 4. The normalized spacial score (nSPS) is 12.3. The smallest absolute Gasteiger partial charge is 0.326 e. The first kappa shape index (κ1) is 15.4. The summed E-state index contributed by atoms with van der Waals surface area (Å²) in [5.41, 5.74) is 0. The van der Waals surface area contributed by atoms with Crippen molar-refractivity contribution < 1.29 is 24.6 Å². The largest absolute Gasteiger partial charge is 0.481 e. The number of carbonyl (C=O) groups excluding carboxylic acids is 1. The van der Waals surface area contributed by atoms with E-state index in [-0.39, 0.29) is 0 Å². The van der Waals surface area contributed by atoms with Crippen molar-refractivity contribution in [2.45, 2.75) is 12.5 Å². The van der Waals surface area contributed by atoms with E-state index in [2.05, 4.69) is 21.2 Å². The second-order valence-electron chi connectivity index (χ2n) is 3.47. The lowest BCUT2D eigenvalue weighted by molar-refractivity contribution is -0.146. The third-order valence-electron chi connectivity index (χ3n) is 1.99. The first-order valence-corrected chi connectivity index (χ1v) is 6.68. The highest BCUT2D eigenvalue weighted by Gasteiger charge is 2.21. The fourth-order valence-corrected chi connectivity index (χ4v) is 2.50. The monoisotopic (exact) mass is 347 g/mol. The summed E-state index contributed by atoms with van der Waals surface area (Å²) in [4.78, 5) is 33.5. The Kier molecular flexibility index (Phi) is 5.71. The van der Waals surface area contributed by atoms with E-state index >= 15 is 0 Å². The molecule has 102 valence electrons. The average Bonchev–Trinajstić information content (AvgIpc) is 2.71. The lowest BCUT2D eigenvalue weighted by Gasteiger charge is -2.10. The van der Waals surface area contributed by atoms with Crippen LogP contribution in [-0.4, -0.2) is 34.1 Å². The third-order valence-corrected chi connectivity index (χ3v) is 3.58. The molecule has 19 heavy (non-hydrogen) atoms. The zero-order valence-corrected chi connectivity index (χ0v) is 11.9. The number of rotatable bonds is 6. The van der Waals surface area contributed by atoms with Crippen LogP contribution in [0.2, 0.25) is 0 Å². The molecule has 0 saturated carbocycles. The maximum absolute atomic E-state index is 11.5. The standard InChI is InChI=1S/C11H10BrNO5S/c12-8-3-1-6(19-8)2-4-9(14)13-7(11(17)18)5-10(15)16/h1-4,7H,5H2,(H,13,14)(H,15,16)(H,17,18)/b4-2+/t7-/m0/s1. The molecule has 0 spiro atoms. The van der Waals surface area contributed by atoms with Crippen molar-refractivity contribution in [3.63, 3.8) is 0 Å². The molecule has 1 rings (SSSR count). The summed E-state index contributed by atoms with van der Waals surface area (Å²) in [6, 6.07) is 2.15. The van der Waals surface area contributed by atoms with Gasteiger partial charge in [-0.1, -0.05) is 0 Å². The molecule has 0 aliphatic carbocycles. The lowest BCUT2D eigenvalue weighted by atomic mass is 10.2. The molecular formula is C11H10BrNO5S. The Morgan fingerprint density at radius 1 is 1.37 bits per heavy atom. The van der Waals surface area contributed by atoms with Gasteiger partial charge in [0.05, 0.1) is 10.2 Å². The molecule has 1 aromatic rings. The van der Waals surface area contributed by atoms with Gasteiger partial charge in [-0.3, -0.25) is 9.59 Å². The van der Waals surface area contributed by atoms with Crippen molar-refractivity contribution in [2.75, 3.05) is 0 Å². The van der Waals surface area contributed by atoms with Crippen LogP contribution >= 0.6 is 27.3 Å². The molecule has 8 heteroatoms. The first-order chi connectivity index (χ1) is 8.88. The van der Waals surface area contributed by atoms with E-state index in [1.807, 2.05) is 6.07 Å². The molecule has 0 bridgehead atoms. The summed E-state index contributed by atoms with van der Waals surface area (Å²) >= 11 is 4.67. The molecule has 1 heterocycles. The summed E-state index contributed by atoms with van der Waals surface area (Å²) in [6.07, 6.45) is 2.01. The molecule has 6 nitrogen and oxygen atoms in total. The number of hydrogen-bond donors (Lipinski definition) is 3. The van der Waals surface area contributed by atoms with Gasteiger partial charge in [0.25, 0.3) is 0 Å². The molecule has 1 amide bonds. The number of carbonyl (C=O) groups is 3. The van der Waals surface area contributed by atoms with Crippen LogP contribution < -0.4 is 5.32 Å². The minimum absolute atomic E-state index is 0.654. The van der Waals surface area contributed by atoms with Crippen LogP contribution in [-0.2, 0) is 14.4 Å². The van der Waals surface area contributed by atoms with Gasteiger partial charge in [0, 0.05) is 11.0 Å². The molecule has 3 N–H and O–H groups in total. The van der Waals surface area contributed by atoms with E-state index in [4.69, 9.17) is 10.2 Å². The minimum atomic E-state index is -1.44. The zero-order valence-electron chi connectivity index (χ0n) is 9.50. The van der Waals surface area contributed by atoms with Crippen LogP contribution in [0.3, 0.4) is 0 Å². The van der Waals surface area contributed by atoms with Gasteiger partial charge in [-0.05, 0) is 34.1 Å². The summed E-state index contributed by atoms with van der Waals surface area (Å²) in [5, 5.41) is 19.4. The van der Waals surface area contributed by atoms with Crippen LogP contribution in [0.25, 0.3) is 6.08 Å². The van der Waals surface area contributed by atoms with Crippen molar-refractivity contribution in [3.8, 4) is 0 Å². The topological polar surface area (TPSA) is 104 Å². The molecule has 1 aromatic heterocycles. The van der Waals surface area contributed by atoms with E-state index in [1.165, 1.54) is 17.4 Å². The highest BCUT2D eigenvalue weighted by Crippen LogP contribution is 2.22. The van der Waals surface area contributed by atoms with Crippen LogP contribution in [0.15, 0.2) is 22.0 Å². The number of thiophene rings is 1. The zero-order chi connectivity index (χ0) is 14.4. The lowest BCUT2D eigenvalue weighted by Crippen LogP contribution is -2.41. The van der Waals surface area contributed by atoms with Crippen LogP contribution in [0.5, 0.6) is 0 Å². The van der Waals surface area contributed by atoms with E-state index in [1.54, 1.807) is 6.07 Å². The van der Waals surface area contributed by atoms with E-state index < -0.39 is 30.3 Å². The number of carboxylic acid groups (broad SMARTS) is 2. The molecule has 0 fully saturated rings. The SMILES string of the molecule is O=C(O)C[C@H](NC(=O)/C=C/c1ccc(Br)s1)C(=O)O. The summed E-state index contributed by atoms with van der Waals surface area (Å²) in [5.74, 6) is -3.33. The van der Waals surface area contributed by atoms with Gasteiger partial charge in [0.2, 0.25) is 5.91 Å². The van der Waals surface area contributed by atoms with Gasteiger partial charge in [-0.15, -0.1) is 11.3 Å². The third kappa shape index (κ3) is 5.66. The number of carboxylic acids is 2. The average molecular weight is 348 g/mol. The van der Waals surface area contributed by atoms with Crippen molar-refractivity contribution >= 4 is 51.2 Å². The summed E-state index contributed by atoms with van der Waals surface area (Å²) in [7, 11) is 0. The van der Waals surface area contributed by atoms with Crippen molar-refractivity contribution in [1.29, 1.82) is 0 Å². The van der Waals surface area contributed by atoms with Crippen molar-refractivity contribution in [2.24, 2.45) is 0 Å². The number of aliphatic carboxylic acids is 2. The Bertz CT molecular complexity index is 525. The highest BCUT2D eigenvalue weighted by atomic mass is 79.9. The maximum Gasteiger partial charge on any atom is 0.326 e. The van der Waals surface area contributed by atoms with Gasteiger partial charge in [0.15, 0.2) is 0 Å². The quantitative estimate of drug-likeness (QED) is 0.677. The molecule has 1 atom stereocenters. The first-order valence-electron chi connectivity index (χ1n) is 5.07. The van der Waals surface area contributed by atoms with Crippen LogP contribution in [0.1, 0.15) is 11.3 Å². The molecule has 0 saturated heterocycles. The Morgan fingerprint density at radius 2 is 2.05 bits per heavy atom. The fraction of sp³-hybridized carbons (Fsp3) is 0.182. The predicted octanol–water partition coefficient (Wildman–Crippen LogP) is 1.57. The molecule has 0 radical (unpaired) electrons. The van der Waals surface area contributed by atoms with Gasteiger partial charge >= 0.3 is 11.9 Å². The second-order valence-corrected chi connectivity index (χ2v) is 5.97. The van der Waals surface area contributed by atoms with Gasteiger partial charge < -0.3 is 15.5 Å². The molecule has 0 unspecified atom stereocenters. The summed E-state index contributed by atoms with van der Waals surface area (Å²) in [6.45, 7) is 0. The molecule has 0 aliphatic heterocycles. The number of halogens is 1. The Labute approximate surface area is 120 Å². The molecular weight excluding hydrogens is 338 g/mol. The fourth-order valence-electron chi connectivity index (χ4n) is 1.17. The van der Waals surface area contributed by atoms with Gasteiger partial charge in [-0.25, -0.2) is 4.79 Å². The molecule has 0 aromatic carbocycles.